The molecule has 11 nitrogen and oxygen atoms in total. The lowest BCUT2D eigenvalue weighted by Gasteiger charge is -2.26. The molecule has 0 N–H and O–H groups in total. The second-order valence-corrected chi connectivity index (χ2v) is 11.3. The van der Waals surface area contributed by atoms with Crippen molar-refractivity contribution in [1.82, 2.24) is 4.57 Å². The Bertz CT molecular complexity index is 2180. The lowest BCUT2D eigenvalue weighted by Crippen LogP contribution is -2.40. The van der Waals surface area contributed by atoms with Gasteiger partial charge in [0.15, 0.2) is 4.80 Å². The number of fused-ring (bicyclic) bond motifs is 1. The van der Waals surface area contributed by atoms with Crippen LogP contribution in [0.3, 0.4) is 0 Å². The van der Waals surface area contributed by atoms with Gasteiger partial charge in [0, 0.05) is 17.7 Å². The van der Waals surface area contributed by atoms with Crippen LogP contribution in [0.15, 0.2) is 105 Å². The van der Waals surface area contributed by atoms with E-state index in [1.54, 1.807) is 43.3 Å². The summed E-state index contributed by atoms with van der Waals surface area (Å²) in [5.41, 5.74) is 2.08. The zero-order chi connectivity index (χ0) is 33.1. The van der Waals surface area contributed by atoms with E-state index in [2.05, 4.69) is 0 Å². The molecule has 0 saturated heterocycles. The number of rotatable bonds is 10. The quantitative estimate of drug-likeness (QED) is 0.110. The lowest BCUT2D eigenvalue weighted by atomic mass is 9.93. The third kappa shape index (κ3) is 6.10. The van der Waals surface area contributed by atoms with Crippen LogP contribution in [0.25, 0.3) is 23.1 Å². The van der Waals surface area contributed by atoms with Gasteiger partial charge in [0.05, 0.1) is 58.7 Å². The van der Waals surface area contributed by atoms with Crippen LogP contribution in [0, 0.1) is 10.1 Å². The number of nitrogens with zero attached hydrogens (tertiary/aromatic N) is 3. The molecule has 47 heavy (non-hydrogen) atoms. The third-order valence-corrected chi connectivity index (χ3v) is 8.42. The molecular formula is C35H29N3O8S. The van der Waals surface area contributed by atoms with E-state index in [4.69, 9.17) is 23.6 Å². The summed E-state index contributed by atoms with van der Waals surface area (Å²) < 4.78 is 24.4. The molecule has 0 radical (unpaired) electrons. The molecule has 0 amide bonds. The van der Waals surface area contributed by atoms with Crippen LogP contribution in [0.2, 0.25) is 0 Å². The first-order chi connectivity index (χ1) is 22.8. The Hall–Kier alpha value is -5.75. The summed E-state index contributed by atoms with van der Waals surface area (Å²) in [7, 11) is 1.42. The second-order valence-electron chi connectivity index (χ2n) is 10.3. The van der Waals surface area contributed by atoms with Crippen LogP contribution in [0.5, 0.6) is 11.5 Å². The fourth-order valence-corrected chi connectivity index (χ4v) is 6.35. The molecule has 1 aliphatic rings. The second kappa shape index (κ2) is 13.3. The number of carbonyl (C=O) groups is 1. The predicted octanol–water partition coefficient (Wildman–Crippen LogP) is 5.51. The Kier molecular flexibility index (Phi) is 8.85. The van der Waals surface area contributed by atoms with Crippen molar-refractivity contribution < 1.29 is 28.3 Å². The highest BCUT2D eigenvalue weighted by molar-refractivity contribution is 7.07. The molecule has 0 aliphatic carbocycles. The minimum Gasteiger partial charge on any atom is -0.496 e. The van der Waals surface area contributed by atoms with E-state index in [-0.39, 0.29) is 29.2 Å². The van der Waals surface area contributed by atoms with Crippen LogP contribution < -0.4 is 24.4 Å². The first kappa shape index (κ1) is 31.2. The molecular weight excluding hydrogens is 622 g/mol. The standard InChI is InChI=1S/C35H29N3O8S/c1-4-44-24-14-11-22(12-15-24)32-30(34(40)45-5-2)31(21-9-7-6-8-10-21)36-35-37(32)33(39)29(47-35)20-25-16-18-27(46-25)26-17-13-23(38(41)42)19-28(26)43-3/h6-20,32H,4-5H2,1-3H3/b29-20-/t32-/m0/s1. The monoisotopic (exact) mass is 651 g/mol. The topological polar surface area (TPSA) is 135 Å². The zero-order valence-corrected chi connectivity index (χ0v) is 26.5. The molecule has 2 aromatic heterocycles. The minimum absolute atomic E-state index is 0.113. The van der Waals surface area contributed by atoms with Gasteiger partial charge in [0.1, 0.15) is 23.0 Å². The van der Waals surface area contributed by atoms with E-state index in [1.165, 1.54) is 35.1 Å². The highest BCUT2D eigenvalue weighted by Gasteiger charge is 2.35. The van der Waals surface area contributed by atoms with Crippen molar-refractivity contribution in [2.45, 2.75) is 19.9 Å². The van der Waals surface area contributed by atoms with Gasteiger partial charge in [-0.15, -0.1) is 0 Å². The van der Waals surface area contributed by atoms with Gasteiger partial charge in [0.2, 0.25) is 0 Å². The summed E-state index contributed by atoms with van der Waals surface area (Å²) in [6.07, 6.45) is 1.61. The average molecular weight is 652 g/mol. The maximum Gasteiger partial charge on any atom is 0.338 e. The smallest absolute Gasteiger partial charge is 0.338 e. The van der Waals surface area contributed by atoms with Crippen LogP contribution in [-0.2, 0) is 9.53 Å². The molecule has 6 rings (SSSR count). The largest absolute Gasteiger partial charge is 0.496 e. The van der Waals surface area contributed by atoms with E-state index < -0.39 is 16.9 Å². The predicted molar refractivity (Wildman–Crippen MR) is 176 cm³/mol. The number of methoxy groups -OCH3 is 1. The number of esters is 1. The SMILES string of the molecule is CCOC(=O)C1=C(c2ccccc2)N=c2s/c(=C\c3ccc(-c4ccc([N+](=O)[O-])cc4OC)o3)c(=O)n2[C@H]1c1ccc(OCC)cc1. The van der Waals surface area contributed by atoms with Gasteiger partial charge >= 0.3 is 5.97 Å². The van der Waals surface area contributed by atoms with Gasteiger partial charge < -0.3 is 18.6 Å². The van der Waals surface area contributed by atoms with Crippen molar-refractivity contribution in [3.05, 3.63) is 137 Å². The minimum atomic E-state index is -0.838. The van der Waals surface area contributed by atoms with Crippen LogP contribution >= 0.6 is 11.3 Å². The lowest BCUT2D eigenvalue weighted by molar-refractivity contribution is -0.384. The Balaban J connectivity index is 1.52. The van der Waals surface area contributed by atoms with E-state index in [0.29, 0.717) is 55.6 Å². The summed E-state index contributed by atoms with van der Waals surface area (Å²) in [5.74, 6) is 1.13. The van der Waals surface area contributed by atoms with Gasteiger partial charge in [-0.2, -0.15) is 0 Å². The number of nitro groups is 1. The number of nitro benzene ring substituents is 1. The van der Waals surface area contributed by atoms with Crippen LogP contribution in [-0.4, -0.2) is 35.8 Å². The molecule has 0 fully saturated rings. The van der Waals surface area contributed by atoms with Crippen molar-refractivity contribution >= 4 is 34.8 Å². The van der Waals surface area contributed by atoms with Gasteiger partial charge in [-0.05, 0) is 49.7 Å². The number of carbonyl (C=O) groups excluding carboxylic acids is 1. The van der Waals surface area contributed by atoms with Crippen molar-refractivity contribution in [3.63, 3.8) is 0 Å². The number of hydrogen-bond donors (Lipinski definition) is 0. The van der Waals surface area contributed by atoms with E-state index in [9.17, 15) is 19.7 Å². The molecule has 3 aromatic carbocycles. The molecule has 0 unspecified atom stereocenters. The molecule has 12 heteroatoms. The number of furan rings is 1. The number of non-ortho nitro benzene ring substituents is 1. The van der Waals surface area contributed by atoms with Crippen molar-refractivity contribution in [1.29, 1.82) is 0 Å². The van der Waals surface area contributed by atoms with E-state index in [0.717, 1.165) is 0 Å². The van der Waals surface area contributed by atoms with Crippen molar-refractivity contribution in [2.75, 3.05) is 20.3 Å². The van der Waals surface area contributed by atoms with Gasteiger partial charge in [-0.3, -0.25) is 19.5 Å². The van der Waals surface area contributed by atoms with E-state index in [1.807, 2.05) is 49.4 Å². The average Bonchev–Trinajstić information content (AvgIpc) is 3.68. The molecule has 238 valence electrons. The summed E-state index contributed by atoms with van der Waals surface area (Å²) in [5, 5.41) is 11.2. The van der Waals surface area contributed by atoms with Crippen LogP contribution in [0.4, 0.5) is 5.69 Å². The summed E-state index contributed by atoms with van der Waals surface area (Å²) in [6, 6.07) is 23.4. The highest BCUT2D eigenvalue weighted by atomic mass is 32.1. The summed E-state index contributed by atoms with van der Waals surface area (Å²) in [4.78, 5) is 43.8. The van der Waals surface area contributed by atoms with Gasteiger partial charge in [-0.1, -0.05) is 53.8 Å². The zero-order valence-electron chi connectivity index (χ0n) is 25.7. The number of thiazole rings is 1. The number of ether oxygens (including phenoxy) is 3. The first-order valence-corrected chi connectivity index (χ1v) is 15.6. The molecule has 3 heterocycles. The van der Waals surface area contributed by atoms with Crippen molar-refractivity contribution in [2.24, 2.45) is 4.99 Å². The molecule has 1 atom stereocenters. The number of benzene rings is 3. The number of hydrogen-bond acceptors (Lipinski definition) is 10. The molecule has 0 spiro atoms. The molecule has 0 bridgehead atoms. The maximum atomic E-state index is 14.2. The third-order valence-electron chi connectivity index (χ3n) is 7.44. The molecule has 0 saturated carbocycles. The first-order valence-electron chi connectivity index (χ1n) is 14.8. The normalized spacial score (nSPS) is 14.4. The highest BCUT2D eigenvalue weighted by Crippen LogP contribution is 2.36. The van der Waals surface area contributed by atoms with Crippen LogP contribution in [0.1, 0.15) is 36.8 Å². The fraction of sp³-hybridized carbons (Fsp3) is 0.171. The Morgan fingerprint density at radius 3 is 2.49 bits per heavy atom. The Morgan fingerprint density at radius 2 is 1.81 bits per heavy atom. The van der Waals surface area contributed by atoms with Crippen molar-refractivity contribution in [3.8, 4) is 22.8 Å². The Morgan fingerprint density at radius 1 is 1.04 bits per heavy atom. The molecule has 1 aliphatic heterocycles. The summed E-state index contributed by atoms with van der Waals surface area (Å²) >= 11 is 1.17. The van der Waals surface area contributed by atoms with Gasteiger partial charge in [0.25, 0.3) is 11.2 Å². The fourth-order valence-electron chi connectivity index (χ4n) is 5.37. The Labute approximate surface area is 272 Å². The maximum absolute atomic E-state index is 14.2. The number of aromatic nitrogens is 1. The summed E-state index contributed by atoms with van der Waals surface area (Å²) in [6.45, 7) is 4.26. The van der Waals surface area contributed by atoms with E-state index >= 15 is 0 Å². The molecule has 5 aromatic rings. The van der Waals surface area contributed by atoms with Gasteiger partial charge in [-0.25, -0.2) is 9.79 Å².